The van der Waals surface area contributed by atoms with Crippen molar-refractivity contribution >= 4 is 11.6 Å². The van der Waals surface area contributed by atoms with E-state index in [1.165, 1.54) is 24.1 Å². The number of carbonyl (C=O) groups is 1. The molecule has 0 aliphatic carbocycles. The summed E-state index contributed by atoms with van der Waals surface area (Å²) in [7, 11) is 0. The summed E-state index contributed by atoms with van der Waals surface area (Å²) in [6.07, 6.45) is 2.02. The Morgan fingerprint density at radius 1 is 1.06 bits per heavy atom. The second-order valence-corrected chi connectivity index (χ2v) is 10.0. The SMILES string of the molecule is C[C@@H]1CCCN(c2ccc([C@H](C)NC(=O)[C@H](C)Oc3ccc(C(C)(C)C)cc3)cc2)C1. The summed E-state index contributed by atoms with van der Waals surface area (Å²) in [5.74, 6) is 1.35. The van der Waals surface area contributed by atoms with E-state index in [1.807, 2.05) is 19.1 Å². The van der Waals surface area contributed by atoms with Crippen LogP contribution >= 0.6 is 0 Å². The molecule has 168 valence electrons. The lowest BCUT2D eigenvalue weighted by Crippen LogP contribution is -2.37. The Bertz CT molecular complexity index is 852. The van der Waals surface area contributed by atoms with Crippen LogP contribution in [0.25, 0.3) is 0 Å². The first kappa shape index (κ1) is 23.2. The van der Waals surface area contributed by atoms with Crippen LogP contribution in [0, 0.1) is 5.92 Å². The zero-order chi connectivity index (χ0) is 22.6. The highest BCUT2D eigenvalue weighted by atomic mass is 16.5. The molecule has 0 bridgehead atoms. The topological polar surface area (TPSA) is 41.6 Å². The Morgan fingerprint density at radius 2 is 1.71 bits per heavy atom. The highest BCUT2D eigenvalue weighted by Crippen LogP contribution is 2.26. The predicted molar refractivity (Wildman–Crippen MR) is 129 cm³/mol. The van der Waals surface area contributed by atoms with Gasteiger partial charge in [-0.1, -0.05) is 52.0 Å². The van der Waals surface area contributed by atoms with Crippen molar-refractivity contribution in [1.82, 2.24) is 5.32 Å². The Morgan fingerprint density at radius 3 is 2.29 bits per heavy atom. The molecule has 1 aliphatic heterocycles. The molecule has 2 aromatic rings. The number of ether oxygens (including phenoxy) is 1. The van der Waals surface area contributed by atoms with E-state index >= 15 is 0 Å². The lowest BCUT2D eigenvalue weighted by molar-refractivity contribution is -0.127. The Labute approximate surface area is 188 Å². The third-order valence-corrected chi connectivity index (χ3v) is 6.18. The van der Waals surface area contributed by atoms with Crippen LogP contribution < -0.4 is 15.0 Å². The molecule has 0 aromatic heterocycles. The zero-order valence-electron chi connectivity index (χ0n) is 19.9. The van der Waals surface area contributed by atoms with Gasteiger partial charge in [-0.3, -0.25) is 4.79 Å². The van der Waals surface area contributed by atoms with E-state index in [0.29, 0.717) is 5.75 Å². The minimum atomic E-state index is -0.558. The number of amides is 1. The van der Waals surface area contributed by atoms with Crippen molar-refractivity contribution in [2.24, 2.45) is 5.92 Å². The molecule has 4 heteroatoms. The maximum atomic E-state index is 12.7. The lowest BCUT2D eigenvalue weighted by Gasteiger charge is -2.33. The number of hydrogen-bond acceptors (Lipinski definition) is 3. The second kappa shape index (κ2) is 9.76. The molecule has 3 rings (SSSR count). The molecule has 4 nitrogen and oxygen atoms in total. The summed E-state index contributed by atoms with van der Waals surface area (Å²) in [5.41, 5.74) is 3.71. The van der Waals surface area contributed by atoms with E-state index in [9.17, 15) is 4.79 Å². The van der Waals surface area contributed by atoms with Crippen LogP contribution in [0.3, 0.4) is 0 Å². The van der Waals surface area contributed by atoms with Crippen molar-refractivity contribution in [3.63, 3.8) is 0 Å². The fourth-order valence-corrected chi connectivity index (χ4v) is 4.10. The predicted octanol–water partition coefficient (Wildman–Crippen LogP) is 5.87. The minimum Gasteiger partial charge on any atom is -0.481 e. The summed E-state index contributed by atoms with van der Waals surface area (Å²) in [5, 5.41) is 3.08. The first-order chi connectivity index (χ1) is 14.6. The molecule has 1 N–H and O–H groups in total. The molecule has 0 spiro atoms. The van der Waals surface area contributed by atoms with E-state index in [4.69, 9.17) is 4.74 Å². The number of anilines is 1. The Balaban J connectivity index is 1.54. The summed E-state index contributed by atoms with van der Waals surface area (Å²) in [6.45, 7) is 14.9. The smallest absolute Gasteiger partial charge is 0.261 e. The van der Waals surface area contributed by atoms with Gasteiger partial charge < -0.3 is 15.0 Å². The molecule has 3 atom stereocenters. The fourth-order valence-electron chi connectivity index (χ4n) is 4.10. The van der Waals surface area contributed by atoms with Crippen molar-refractivity contribution in [3.05, 3.63) is 59.7 Å². The summed E-state index contributed by atoms with van der Waals surface area (Å²) in [6, 6.07) is 16.5. The van der Waals surface area contributed by atoms with E-state index in [-0.39, 0.29) is 17.4 Å². The molecule has 31 heavy (non-hydrogen) atoms. The van der Waals surface area contributed by atoms with Gasteiger partial charge >= 0.3 is 0 Å². The van der Waals surface area contributed by atoms with E-state index in [1.54, 1.807) is 6.92 Å². The van der Waals surface area contributed by atoms with Gasteiger partial charge in [-0.15, -0.1) is 0 Å². The normalized spacial score (nSPS) is 18.9. The second-order valence-electron chi connectivity index (χ2n) is 10.0. The molecular weight excluding hydrogens is 384 g/mol. The van der Waals surface area contributed by atoms with Crippen LogP contribution in [-0.4, -0.2) is 25.1 Å². The summed E-state index contributed by atoms with van der Waals surface area (Å²) in [4.78, 5) is 15.1. The van der Waals surface area contributed by atoms with E-state index in [2.05, 4.69) is 74.3 Å². The van der Waals surface area contributed by atoms with Crippen molar-refractivity contribution in [3.8, 4) is 5.75 Å². The van der Waals surface area contributed by atoms with Gasteiger partial charge in [0.15, 0.2) is 6.10 Å². The third kappa shape index (κ3) is 6.25. The average Bonchev–Trinajstić information content (AvgIpc) is 2.73. The maximum absolute atomic E-state index is 12.7. The van der Waals surface area contributed by atoms with Gasteiger partial charge in [0.25, 0.3) is 5.91 Å². The van der Waals surface area contributed by atoms with Gasteiger partial charge in [0.1, 0.15) is 5.75 Å². The number of benzene rings is 2. The fraction of sp³-hybridized carbons (Fsp3) is 0.519. The Hall–Kier alpha value is -2.49. The van der Waals surface area contributed by atoms with Gasteiger partial charge in [-0.25, -0.2) is 0 Å². The molecule has 1 fully saturated rings. The first-order valence-corrected chi connectivity index (χ1v) is 11.6. The van der Waals surface area contributed by atoms with Gasteiger partial charge in [0.05, 0.1) is 6.04 Å². The Kier molecular flexibility index (Phi) is 7.30. The van der Waals surface area contributed by atoms with Crippen molar-refractivity contribution < 1.29 is 9.53 Å². The number of nitrogens with one attached hydrogen (secondary N) is 1. The highest BCUT2D eigenvalue weighted by molar-refractivity contribution is 5.81. The van der Waals surface area contributed by atoms with Gasteiger partial charge in [-0.2, -0.15) is 0 Å². The molecule has 1 heterocycles. The minimum absolute atomic E-state index is 0.0730. The largest absolute Gasteiger partial charge is 0.481 e. The van der Waals surface area contributed by atoms with Gasteiger partial charge in [0, 0.05) is 18.8 Å². The number of piperidine rings is 1. The lowest BCUT2D eigenvalue weighted by atomic mass is 9.87. The van der Waals surface area contributed by atoms with Crippen molar-refractivity contribution in [2.45, 2.75) is 71.9 Å². The van der Waals surface area contributed by atoms with E-state index < -0.39 is 6.10 Å². The molecule has 0 radical (unpaired) electrons. The molecule has 2 aromatic carbocycles. The van der Waals surface area contributed by atoms with E-state index in [0.717, 1.165) is 24.6 Å². The molecule has 1 saturated heterocycles. The molecule has 0 saturated carbocycles. The van der Waals surface area contributed by atoms with Crippen LogP contribution in [0.4, 0.5) is 5.69 Å². The van der Waals surface area contributed by atoms with Gasteiger partial charge in [-0.05, 0) is 73.4 Å². The average molecular weight is 423 g/mol. The quantitative estimate of drug-likeness (QED) is 0.633. The first-order valence-electron chi connectivity index (χ1n) is 11.6. The van der Waals surface area contributed by atoms with Crippen molar-refractivity contribution in [2.75, 3.05) is 18.0 Å². The molecule has 0 unspecified atom stereocenters. The third-order valence-electron chi connectivity index (χ3n) is 6.18. The van der Waals surface area contributed by atoms with Crippen LogP contribution in [0.2, 0.25) is 0 Å². The van der Waals surface area contributed by atoms with Crippen molar-refractivity contribution in [1.29, 1.82) is 0 Å². The number of nitrogens with zero attached hydrogens (tertiary/aromatic N) is 1. The zero-order valence-corrected chi connectivity index (χ0v) is 19.9. The van der Waals surface area contributed by atoms with Crippen LogP contribution in [0.15, 0.2) is 48.5 Å². The van der Waals surface area contributed by atoms with Crippen LogP contribution in [-0.2, 0) is 10.2 Å². The number of hydrogen-bond donors (Lipinski definition) is 1. The van der Waals surface area contributed by atoms with Crippen LogP contribution in [0.5, 0.6) is 5.75 Å². The molecular formula is C27H38N2O2. The number of rotatable bonds is 6. The summed E-state index contributed by atoms with van der Waals surface area (Å²) < 4.78 is 5.87. The van der Waals surface area contributed by atoms with Gasteiger partial charge in [0.2, 0.25) is 0 Å². The number of carbonyl (C=O) groups excluding carboxylic acids is 1. The monoisotopic (exact) mass is 422 g/mol. The molecule has 1 amide bonds. The van der Waals surface area contributed by atoms with Crippen LogP contribution in [0.1, 0.15) is 71.6 Å². The summed E-state index contributed by atoms with van der Waals surface area (Å²) >= 11 is 0. The highest BCUT2D eigenvalue weighted by Gasteiger charge is 2.20. The maximum Gasteiger partial charge on any atom is 0.261 e. The molecule has 1 aliphatic rings. The standard InChI is InChI=1S/C27H38N2O2/c1-19-8-7-17-29(18-19)24-13-9-22(10-14-24)20(2)28-26(30)21(3)31-25-15-11-23(12-16-25)27(4,5)6/h9-16,19-21H,7-8,17-18H2,1-6H3,(H,28,30)/t19-,20+,21+/m1/s1.